The molecule has 1 aliphatic rings. The van der Waals surface area contributed by atoms with Crippen molar-refractivity contribution in [3.05, 3.63) is 36.5 Å². The predicted octanol–water partition coefficient (Wildman–Crippen LogP) is 3.14. The first kappa shape index (κ1) is 12.4. The van der Waals surface area contributed by atoms with Gasteiger partial charge in [0.1, 0.15) is 11.9 Å². The Kier molecular flexibility index (Phi) is 3.65. The lowest BCUT2D eigenvalue weighted by Gasteiger charge is -2.19. The van der Waals surface area contributed by atoms with Gasteiger partial charge in [0.05, 0.1) is 5.52 Å². The molecule has 100 valence electrons. The van der Waals surface area contributed by atoms with Crippen molar-refractivity contribution in [3.63, 3.8) is 0 Å². The number of benzene rings is 1. The van der Waals surface area contributed by atoms with Crippen LogP contribution in [0.15, 0.2) is 36.5 Å². The Morgan fingerprint density at radius 1 is 1.32 bits per heavy atom. The third kappa shape index (κ3) is 3.04. The van der Waals surface area contributed by atoms with Crippen LogP contribution in [-0.4, -0.2) is 23.7 Å². The quantitative estimate of drug-likeness (QED) is 0.862. The van der Waals surface area contributed by atoms with Gasteiger partial charge in [-0.3, -0.25) is 4.98 Å². The van der Waals surface area contributed by atoms with Crippen molar-refractivity contribution in [1.29, 1.82) is 0 Å². The minimum absolute atomic E-state index is 0.228. The second-order valence-corrected chi connectivity index (χ2v) is 5.16. The van der Waals surface area contributed by atoms with Crippen LogP contribution in [0.4, 0.5) is 0 Å². The lowest BCUT2D eigenvalue weighted by molar-refractivity contribution is 0.195. The minimum atomic E-state index is 0.228. The van der Waals surface area contributed by atoms with Gasteiger partial charge in [0.25, 0.3) is 0 Å². The summed E-state index contributed by atoms with van der Waals surface area (Å²) >= 11 is 0. The molecule has 0 radical (unpaired) electrons. The summed E-state index contributed by atoms with van der Waals surface area (Å²) in [6.07, 6.45) is 5.68. The average molecular weight is 256 g/mol. The molecule has 0 spiro atoms. The van der Waals surface area contributed by atoms with Crippen LogP contribution in [0.2, 0.25) is 0 Å². The van der Waals surface area contributed by atoms with E-state index in [9.17, 15) is 0 Å². The van der Waals surface area contributed by atoms with Gasteiger partial charge in [0.15, 0.2) is 0 Å². The van der Waals surface area contributed by atoms with Crippen LogP contribution in [0.5, 0.6) is 5.75 Å². The highest BCUT2D eigenvalue weighted by Crippen LogP contribution is 2.25. The van der Waals surface area contributed by atoms with E-state index in [0.29, 0.717) is 0 Å². The van der Waals surface area contributed by atoms with Crippen molar-refractivity contribution in [2.75, 3.05) is 6.54 Å². The molecule has 1 atom stereocenters. The van der Waals surface area contributed by atoms with E-state index in [1.54, 1.807) is 0 Å². The molecule has 3 nitrogen and oxygen atoms in total. The van der Waals surface area contributed by atoms with E-state index in [2.05, 4.69) is 23.3 Å². The Morgan fingerprint density at radius 2 is 2.21 bits per heavy atom. The smallest absolute Gasteiger partial charge is 0.129 e. The SMILES string of the molecule is CCC(CNC1CC1)Oc1cccc2ncccc12. The third-order valence-corrected chi connectivity index (χ3v) is 3.57. The molecule has 1 heterocycles. The number of fused-ring (bicyclic) bond motifs is 1. The van der Waals surface area contributed by atoms with Crippen molar-refractivity contribution in [3.8, 4) is 5.75 Å². The monoisotopic (exact) mass is 256 g/mol. The number of ether oxygens (including phenoxy) is 1. The van der Waals surface area contributed by atoms with E-state index < -0.39 is 0 Å². The number of nitrogens with zero attached hydrogens (tertiary/aromatic N) is 1. The molecule has 0 aliphatic heterocycles. The fourth-order valence-corrected chi connectivity index (χ4v) is 2.21. The normalized spacial score (nSPS) is 16.5. The van der Waals surface area contributed by atoms with Crippen LogP contribution in [0.25, 0.3) is 10.9 Å². The number of hydrogen-bond donors (Lipinski definition) is 1. The summed E-state index contributed by atoms with van der Waals surface area (Å²) in [5.74, 6) is 0.940. The van der Waals surface area contributed by atoms with Crippen molar-refractivity contribution in [2.24, 2.45) is 0 Å². The number of pyridine rings is 1. The zero-order valence-electron chi connectivity index (χ0n) is 11.3. The second kappa shape index (κ2) is 5.57. The summed E-state index contributed by atoms with van der Waals surface area (Å²) in [4.78, 5) is 4.36. The summed E-state index contributed by atoms with van der Waals surface area (Å²) in [6.45, 7) is 3.10. The van der Waals surface area contributed by atoms with Crippen LogP contribution in [0.3, 0.4) is 0 Å². The van der Waals surface area contributed by atoms with Gasteiger partial charge in [-0.2, -0.15) is 0 Å². The van der Waals surface area contributed by atoms with E-state index in [1.165, 1.54) is 12.8 Å². The molecule has 1 fully saturated rings. The maximum absolute atomic E-state index is 6.15. The predicted molar refractivity (Wildman–Crippen MR) is 77.5 cm³/mol. The number of aromatic nitrogens is 1. The van der Waals surface area contributed by atoms with E-state index in [4.69, 9.17) is 4.74 Å². The molecule has 1 aromatic carbocycles. The van der Waals surface area contributed by atoms with E-state index in [0.717, 1.165) is 35.7 Å². The fraction of sp³-hybridized carbons (Fsp3) is 0.438. The van der Waals surface area contributed by atoms with Crippen LogP contribution < -0.4 is 10.1 Å². The maximum Gasteiger partial charge on any atom is 0.129 e. The van der Waals surface area contributed by atoms with Crippen molar-refractivity contribution < 1.29 is 4.74 Å². The molecule has 3 heteroatoms. The highest BCUT2D eigenvalue weighted by atomic mass is 16.5. The molecule has 1 unspecified atom stereocenters. The fourth-order valence-electron chi connectivity index (χ4n) is 2.21. The summed E-state index contributed by atoms with van der Waals surface area (Å²) in [5, 5.41) is 4.63. The van der Waals surface area contributed by atoms with Crippen molar-refractivity contribution >= 4 is 10.9 Å². The minimum Gasteiger partial charge on any atom is -0.488 e. The summed E-state index contributed by atoms with van der Waals surface area (Å²) in [6, 6.07) is 10.8. The van der Waals surface area contributed by atoms with E-state index in [-0.39, 0.29) is 6.10 Å². The highest BCUT2D eigenvalue weighted by molar-refractivity contribution is 5.84. The number of rotatable bonds is 6. The zero-order valence-corrected chi connectivity index (χ0v) is 11.3. The molecule has 3 rings (SSSR count). The largest absolute Gasteiger partial charge is 0.488 e. The highest BCUT2D eigenvalue weighted by Gasteiger charge is 2.22. The van der Waals surface area contributed by atoms with Gasteiger partial charge in [-0.25, -0.2) is 0 Å². The van der Waals surface area contributed by atoms with Gasteiger partial charge >= 0.3 is 0 Å². The van der Waals surface area contributed by atoms with Crippen LogP contribution in [0.1, 0.15) is 26.2 Å². The molecular formula is C16H20N2O. The second-order valence-electron chi connectivity index (χ2n) is 5.16. The lowest BCUT2D eigenvalue weighted by atomic mass is 10.2. The van der Waals surface area contributed by atoms with Crippen LogP contribution in [-0.2, 0) is 0 Å². The standard InChI is InChI=1S/C16H20N2O/c1-2-13(11-18-12-8-9-12)19-16-7-3-6-15-14(16)5-4-10-17-15/h3-7,10,12-13,18H,2,8-9,11H2,1H3. The third-order valence-electron chi connectivity index (χ3n) is 3.57. The van der Waals surface area contributed by atoms with Gasteiger partial charge in [0, 0.05) is 24.2 Å². The Bertz CT molecular complexity index is 546. The Hall–Kier alpha value is -1.61. The van der Waals surface area contributed by atoms with E-state index >= 15 is 0 Å². The lowest BCUT2D eigenvalue weighted by Crippen LogP contribution is -2.32. The first-order valence-electron chi connectivity index (χ1n) is 7.10. The van der Waals surface area contributed by atoms with Gasteiger partial charge in [0.2, 0.25) is 0 Å². The summed E-state index contributed by atoms with van der Waals surface area (Å²) in [5.41, 5.74) is 0.991. The van der Waals surface area contributed by atoms with Gasteiger partial charge in [-0.1, -0.05) is 13.0 Å². The average Bonchev–Trinajstić information content (AvgIpc) is 3.28. The molecular weight excluding hydrogens is 236 g/mol. The molecule has 0 amide bonds. The Balaban J connectivity index is 1.74. The molecule has 2 aromatic rings. The van der Waals surface area contributed by atoms with E-state index in [1.807, 2.05) is 30.5 Å². The Labute approximate surface area is 114 Å². The number of hydrogen-bond acceptors (Lipinski definition) is 3. The molecule has 0 saturated heterocycles. The zero-order chi connectivity index (χ0) is 13.1. The summed E-state index contributed by atoms with van der Waals surface area (Å²) in [7, 11) is 0. The molecule has 19 heavy (non-hydrogen) atoms. The first-order valence-corrected chi connectivity index (χ1v) is 7.10. The Morgan fingerprint density at radius 3 is 3.00 bits per heavy atom. The molecule has 1 aromatic heterocycles. The van der Waals surface area contributed by atoms with Crippen molar-refractivity contribution in [1.82, 2.24) is 10.3 Å². The summed E-state index contributed by atoms with van der Waals surface area (Å²) < 4.78 is 6.15. The van der Waals surface area contributed by atoms with Crippen LogP contribution in [0, 0.1) is 0 Å². The molecule has 1 saturated carbocycles. The number of nitrogens with one attached hydrogen (secondary N) is 1. The topological polar surface area (TPSA) is 34.1 Å². The van der Waals surface area contributed by atoms with Gasteiger partial charge in [-0.15, -0.1) is 0 Å². The molecule has 1 aliphatic carbocycles. The van der Waals surface area contributed by atoms with Crippen LogP contribution >= 0.6 is 0 Å². The maximum atomic E-state index is 6.15. The van der Waals surface area contributed by atoms with Gasteiger partial charge < -0.3 is 10.1 Å². The van der Waals surface area contributed by atoms with Crippen molar-refractivity contribution in [2.45, 2.75) is 38.3 Å². The molecule has 0 bridgehead atoms. The first-order chi connectivity index (χ1) is 9.36. The van der Waals surface area contributed by atoms with Gasteiger partial charge in [-0.05, 0) is 43.5 Å². The molecule has 1 N–H and O–H groups in total.